The summed E-state index contributed by atoms with van der Waals surface area (Å²) in [6.07, 6.45) is 1.17. The SMILES string of the molecule is CCc1cc(NC(=O)NC(C)(C)CCC(=O)O)n(C)n1. The number of amides is 2. The Bertz CT molecular complexity index is 494. The van der Waals surface area contributed by atoms with Gasteiger partial charge in [-0.2, -0.15) is 5.10 Å². The second kappa shape index (κ2) is 6.40. The largest absolute Gasteiger partial charge is 0.481 e. The van der Waals surface area contributed by atoms with E-state index in [-0.39, 0.29) is 12.5 Å². The lowest BCUT2D eigenvalue weighted by atomic mass is 9.99. The first kappa shape index (κ1) is 16.0. The smallest absolute Gasteiger partial charge is 0.320 e. The van der Waals surface area contributed by atoms with E-state index in [0.29, 0.717) is 12.2 Å². The van der Waals surface area contributed by atoms with Gasteiger partial charge in [-0.3, -0.25) is 14.8 Å². The fourth-order valence-corrected chi connectivity index (χ4v) is 1.75. The fourth-order valence-electron chi connectivity index (χ4n) is 1.75. The summed E-state index contributed by atoms with van der Waals surface area (Å²) in [6, 6.07) is 1.44. The average Bonchev–Trinajstić information content (AvgIpc) is 2.67. The molecule has 0 aliphatic rings. The van der Waals surface area contributed by atoms with Crippen molar-refractivity contribution in [2.24, 2.45) is 7.05 Å². The Morgan fingerprint density at radius 1 is 1.45 bits per heavy atom. The molecule has 0 bridgehead atoms. The highest BCUT2D eigenvalue weighted by molar-refractivity contribution is 5.88. The number of nitrogens with zero attached hydrogens (tertiary/aromatic N) is 2. The van der Waals surface area contributed by atoms with Gasteiger partial charge < -0.3 is 10.4 Å². The van der Waals surface area contributed by atoms with Crippen LogP contribution in [0.1, 0.15) is 39.3 Å². The first-order valence-electron chi connectivity index (χ1n) is 6.57. The molecule has 1 rings (SSSR count). The topological polar surface area (TPSA) is 96.3 Å². The summed E-state index contributed by atoms with van der Waals surface area (Å²) in [7, 11) is 1.75. The van der Waals surface area contributed by atoms with Crippen molar-refractivity contribution in [3.05, 3.63) is 11.8 Å². The van der Waals surface area contributed by atoms with Gasteiger partial charge in [0, 0.05) is 25.1 Å². The quantitative estimate of drug-likeness (QED) is 0.740. The van der Waals surface area contributed by atoms with Crippen LogP contribution < -0.4 is 10.6 Å². The van der Waals surface area contributed by atoms with Gasteiger partial charge in [0.1, 0.15) is 5.82 Å². The fraction of sp³-hybridized carbons (Fsp3) is 0.615. The monoisotopic (exact) mass is 282 g/mol. The maximum Gasteiger partial charge on any atom is 0.320 e. The van der Waals surface area contributed by atoms with Gasteiger partial charge in [-0.15, -0.1) is 0 Å². The van der Waals surface area contributed by atoms with Crippen molar-refractivity contribution in [2.75, 3.05) is 5.32 Å². The Hall–Kier alpha value is -2.05. The molecule has 0 aromatic carbocycles. The third-order valence-corrected chi connectivity index (χ3v) is 2.95. The number of rotatable bonds is 6. The van der Waals surface area contributed by atoms with Crippen LogP contribution in [0.2, 0.25) is 0 Å². The lowest BCUT2D eigenvalue weighted by molar-refractivity contribution is -0.137. The van der Waals surface area contributed by atoms with Crippen molar-refractivity contribution < 1.29 is 14.7 Å². The highest BCUT2D eigenvalue weighted by Crippen LogP contribution is 2.13. The second-order valence-electron chi connectivity index (χ2n) is 5.35. The van der Waals surface area contributed by atoms with Gasteiger partial charge >= 0.3 is 12.0 Å². The molecule has 7 nitrogen and oxygen atoms in total. The van der Waals surface area contributed by atoms with Gasteiger partial charge in [-0.05, 0) is 26.7 Å². The van der Waals surface area contributed by atoms with E-state index >= 15 is 0 Å². The number of carbonyl (C=O) groups excluding carboxylic acids is 1. The van der Waals surface area contributed by atoms with E-state index in [2.05, 4.69) is 15.7 Å². The number of carbonyl (C=O) groups is 2. The van der Waals surface area contributed by atoms with Gasteiger partial charge in [0.2, 0.25) is 0 Å². The Labute approximate surface area is 118 Å². The van der Waals surface area contributed by atoms with E-state index in [0.717, 1.165) is 12.1 Å². The minimum atomic E-state index is -0.875. The first-order valence-corrected chi connectivity index (χ1v) is 6.57. The molecule has 7 heteroatoms. The van der Waals surface area contributed by atoms with E-state index in [1.54, 1.807) is 25.6 Å². The summed E-state index contributed by atoms with van der Waals surface area (Å²) < 4.78 is 1.60. The molecule has 0 aliphatic carbocycles. The Morgan fingerprint density at radius 3 is 2.60 bits per heavy atom. The highest BCUT2D eigenvalue weighted by Gasteiger charge is 2.22. The lowest BCUT2D eigenvalue weighted by Crippen LogP contribution is -2.46. The molecular formula is C13H22N4O3. The molecule has 2 amide bonds. The molecule has 0 unspecified atom stereocenters. The summed E-state index contributed by atoms with van der Waals surface area (Å²) in [5.74, 6) is -0.270. The maximum atomic E-state index is 11.9. The molecule has 1 aromatic rings. The average molecular weight is 282 g/mol. The van der Waals surface area contributed by atoms with Crippen LogP contribution in [-0.4, -0.2) is 32.4 Å². The molecule has 112 valence electrons. The predicted molar refractivity (Wildman–Crippen MR) is 75.7 cm³/mol. The van der Waals surface area contributed by atoms with E-state index in [4.69, 9.17) is 5.11 Å². The van der Waals surface area contributed by atoms with Gasteiger partial charge in [-0.1, -0.05) is 6.92 Å². The van der Waals surface area contributed by atoms with E-state index in [1.165, 1.54) is 0 Å². The van der Waals surface area contributed by atoms with Crippen LogP contribution in [0.3, 0.4) is 0 Å². The summed E-state index contributed by atoms with van der Waals surface area (Å²) in [5.41, 5.74) is 0.308. The van der Waals surface area contributed by atoms with Crippen LogP contribution in [0.4, 0.5) is 10.6 Å². The molecule has 0 aliphatic heterocycles. The minimum absolute atomic E-state index is 0.0129. The minimum Gasteiger partial charge on any atom is -0.481 e. The predicted octanol–water partition coefficient (Wildman–Crippen LogP) is 1.75. The van der Waals surface area contributed by atoms with E-state index in [9.17, 15) is 9.59 Å². The number of hydrogen-bond donors (Lipinski definition) is 3. The zero-order chi connectivity index (χ0) is 15.3. The molecule has 0 spiro atoms. The zero-order valence-corrected chi connectivity index (χ0v) is 12.4. The number of hydrogen-bond acceptors (Lipinski definition) is 3. The third-order valence-electron chi connectivity index (χ3n) is 2.95. The Balaban J connectivity index is 2.58. The zero-order valence-electron chi connectivity index (χ0n) is 12.4. The van der Waals surface area contributed by atoms with Crippen molar-refractivity contribution in [3.8, 4) is 0 Å². The van der Waals surface area contributed by atoms with Crippen LogP contribution >= 0.6 is 0 Å². The standard InChI is InChI=1S/C13H22N4O3/c1-5-9-8-10(17(4)16-9)14-12(20)15-13(2,3)7-6-11(18)19/h8H,5-7H2,1-4H3,(H,18,19)(H2,14,15,20). The Kier molecular flexibility index (Phi) is 5.12. The third kappa shape index (κ3) is 4.91. The molecule has 0 fully saturated rings. The number of aromatic nitrogens is 2. The number of carboxylic acids is 1. The summed E-state index contributed by atoms with van der Waals surface area (Å²) in [4.78, 5) is 22.5. The summed E-state index contributed by atoms with van der Waals surface area (Å²) in [6.45, 7) is 5.56. The summed E-state index contributed by atoms with van der Waals surface area (Å²) >= 11 is 0. The van der Waals surface area contributed by atoms with Gasteiger partial charge in [0.05, 0.1) is 5.69 Å². The van der Waals surface area contributed by atoms with E-state index < -0.39 is 11.5 Å². The molecule has 0 atom stereocenters. The molecule has 0 saturated carbocycles. The Morgan fingerprint density at radius 2 is 2.10 bits per heavy atom. The first-order chi connectivity index (χ1) is 9.23. The van der Waals surface area contributed by atoms with Crippen molar-refractivity contribution >= 4 is 17.8 Å². The highest BCUT2D eigenvalue weighted by atomic mass is 16.4. The number of anilines is 1. The molecule has 0 saturated heterocycles. The van der Waals surface area contributed by atoms with Crippen LogP contribution in [0.15, 0.2) is 6.07 Å². The van der Waals surface area contributed by atoms with Crippen LogP contribution in [0.25, 0.3) is 0 Å². The normalized spacial score (nSPS) is 11.2. The number of aryl methyl sites for hydroxylation is 2. The van der Waals surface area contributed by atoms with Crippen LogP contribution in [0, 0.1) is 0 Å². The maximum absolute atomic E-state index is 11.9. The molecule has 1 aromatic heterocycles. The van der Waals surface area contributed by atoms with Crippen molar-refractivity contribution in [1.82, 2.24) is 15.1 Å². The van der Waals surface area contributed by atoms with Crippen molar-refractivity contribution in [1.29, 1.82) is 0 Å². The molecule has 1 heterocycles. The van der Waals surface area contributed by atoms with Crippen LogP contribution in [-0.2, 0) is 18.3 Å². The molecular weight excluding hydrogens is 260 g/mol. The number of carboxylic acid groups (broad SMARTS) is 1. The number of aliphatic carboxylic acids is 1. The van der Waals surface area contributed by atoms with Gasteiger partial charge in [0.25, 0.3) is 0 Å². The van der Waals surface area contributed by atoms with Crippen molar-refractivity contribution in [3.63, 3.8) is 0 Å². The lowest BCUT2D eigenvalue weighted by Gasteiger charge is -2.25. The van der Waals surface area contributed by atoms with Crippen molar-refractivity contribution in [2.45, 2.75) is 45.6 Å². The number of urea groups is 1. The van der Waals surface area contributed by atoms with E-state index in [1.807, 2.05) is 13.0 Å². The van der Waals surface area contributed by atoms with Gasteiger partial charge in [-0.25, -0.2) is 4.79 Å². The number of nitrogens with one attached hydrogen (secondary N) is 2. The molecule has 3 N–H and O–H groups in total. The molecule has 20 heavy (non-hydrogen) atoms. The van der Waals surface area contributed by atoms with Crippen LogP contribution in [0.5, 0.6) is 0 Å². The second-order valence-corrected chi connectivity index (χ2v) is 5.35. The summed E-state index contributed by atoms with van der Waals surface area (Å²) in [5, 5.41) is 18.4. The molecule has 0 radical (unpaired) electrons. The van der Waals surface area contributed by atoms with Gasteiger partial charge in [0.15, 0.2) is 0 Å².